The Morgan fingerprint density at radius 1 is 1.85 bits per heavy atom. The number of carbonyl (C=O) groups is 2. The smallest absolute Gasteiger partial charge is 0.323 e. The number of hydrogen-bond donors (Lipinski definition) is 1. The van der Waals surface area contributed by atoms with E-state index < -0.39 is 5.97 Å². The summed E-state index contributed by atoms with van der Waals surface area (Å²) >= 11 is 1.24. The number of amides is 1. The molecule has 0 aliphatic carbocycles. The number of aryl methyl sites for hydroxylation is 1. The zero-order valence-corrected chi connectivity index (χ0v) is 7.74. The molecule has 0 spiro atoms. The van der Waals surface area contributed by atoms with Gasteiger partial charge in [-0.3, -0.25) is 14.5 Å². The molecule has 0 fully saturated rings. The molecule has 70 valence electrons. The normalized spacial score (nSPS) is 9.62. The molecule has 0 saturated carbocycles. The first kappa shape index (κ1) is 9.66. The Kier molecular flexibility index (Phi) is 2.97. The third kappa shape index (κ3) is 2.25. The van der Waals surface area contributed by atoms with E-state index in [1.807, 2.05) is 0 Å². The molecule has 1 N–H and O–H groups in total. The fourth-order valence-electron chi connectivity index (χ4n) is 0.874. The highest BCUT2D eigenvalue weighted by atomic mass is 32.1. The lowest BCUT2D eigenvalue weighted by Crippen LogP contribution is -2.27. The molecule has 0 aromatic carbocycles. The minimum Gasteiger partial charge on any atom is -0.480 e. The molecular weight excluding hydrogens is 192 g/mol. The standard InChI is InChI=1S/C7H8N2O3S/c1-5-7(13-3-8-5)9(4-10)2-6(11)12/h3-4H,2H2,1H3,(H,11,12). The molecule has 0 atom stereocenters. The lowest BCUT2D eigenvalue weighted by Gasteiger charge is -2.12. The first-order valence-corrected chi connectivity index (χ1v) is 4.37. The van der Waals surface area contributed by atoms with E-state index in [4.69, 9.17) is 5.11 Å². The predicted molar refractivity (Wildman–Crippen MR) is 47.9 cm³/mol. The molecular formula is C7H8N2O3S. The quantitative estimate of drug-likeness (QED) is 0.718. The van der Waals surface area contributed by atoms with Gasteiger partial charge in [-0.05, 0) is 6.92 Å². The van der Waals surface area contributed by atoms with E-state index >= 15 is 0 Å². The van der Waals surface area contributed by atoms with Crippen molar-refractivity contribution in [1.82, 2.24) is 4.98 Å². The minimum atomic E-state index is -1.04. The topological polar surface area (TPSA) is 70.5 Å². The zero-order valence-electron chi connectivity index (χ0n) is 6.93. The summed E-state index contributed by atoms with van der Waals surface area (Å²) in [4.78, 5) is 25.9. The van der Waals surface area contributed by atoms with Gasteiger partial charge in [0.1, 0.15) is 11.5 Å². The monoisotopic (exact) mass is 200 g/mol. The van der Waals surface area contributed by atoms with Crippen LogP contribution in [0.15, 0.2) is 5.51 Å². The lowest BCUT2D eigenvalue weighted by atomic mass is 10.4. The average Bonchev–Trinajstić information content (AvgIpc) is 2.47. The number of rotatable bonds is 4. The molecule has 6 heteroatoms. The Labute approximate surface area is 78.6 Å². The van der Waals surface area contributed by atoms with Crippen molar-refractivity contribution in [2.45, 2.75) is 6.92 Å². The van der Waals surface area contributed by atoms with Crippen LogP contribution >= 0.6 is 11.3 Å². The van der Waals surface area contributed by atoms with Crippen LogP contribution in [0.3, 0.4) is 0 Å². The number of aliphatic carboxylic acids is 1. The summed E-state index contributed by atoms with van der Waals surface area (Å²) < 4.78 is 0. The molecule has 0 aliphatic heterocycles. The van der Waals surface area contributed by atoms with E-state index in [-0.39, 0.29) is 6.54 Å². The summed E-state index contributed by atoms with van der Waals surface area (Å²) in [6, 6.07) is 0. The molecule has 0 bridgehead atoms. The van der Waals surface area contributed by atoms with Crippen LogP contribution in [0.5, 0.6) is 0 Å². The summed E-state index contributed by atoms with van der Waals surface area (Å²) in [7, 11) is 0. The van der Waals surface area contributed by atoms with Crippen molar-refractivity contribution in [1.29, 1.82) is 0 Å². The number of thiazole rings is 1. The molecule has 0 radical (unpaired) electrons. The number of aromatic nitrogens is 1. The minimum absolute atomic E-state index is 0.327. The van der Waals surface area contributed by atoms with Gasteiger partial charge in [0.25, 0.3) is 0 Å². The van der Waals surface area contributed by atoms with Crippen LogP contribution in [-0.4, -0.2) is 29.0 Å². The summed E-state index contributed by atoms with van der Waals surface area (Å²) in [6.45, 7) is 1.40. The predicted octanol–water partition coefficient (Wildman–Crippen LogP) is 0.499. The van der Waals surface area contributed by atoms with E-state index in [1.165, 1.54) is 11.3 Å². The molecule has 0 saturated heterocycles. The van der Waals surface area contributed by atoms with E-state index in [0.29, 0.717) is 17.1 Å². The van der Waals surface area contributed by atoms with Gasteiger partial charge in [0.15, 0.2) is 0 Å². The van der Waals surface area contributed by atoms with Gasteiger partial charge >= 0.3 is 5.97 Å². The highest BCUT2D eigenvalue weighted by Crippen LogP contribution is 2.22. The van der Waals surface area contributed by atoms with Gasteiger partial charge in [0.2, 0.25) is 6.41 Å². The molecule has 1 aromatic heterocycles. The van der Waals surface area contributed by atoms with Crippen LogP contribution in [-0.2, 0) is 9.59 Å². The second kappa shape index (κ2) is 3.99. The molecule has 0 aliphatic rings. The van der Waals surface area contributed by atoms with E-state index in [9.17, 15) is 9.59 Å². The third-order valence-corrected chi connectivity index (χ3v) is 2.38. The van der Waals surface area contributed by atoms with Crippen LogP contribution in [0.25, 0.3) is 0 Å². The second-order valence-electron chi connectivity index (χ2n) is 2.37. The summed E-state index contributed by atoms with van der Waals surface area (Å²) in [5, 5.41) is 9.07. The highest BCUT2D eigenvalue weighted by molar-refractivity contribution is 7.14. The fraction of sp³-hybridized carbons (Fsp3) is 0.286. The first-order chi connectivity index (χ1) is 6.15. The number of carbonyl (C=O) groups excluding carboxylic acids is 1. The molecule has 1 heterocycles. The van der Waals surface area contributed by atoms with Gasteiger partial charge in [-0.25, -0.2) is 4.98 Å². The maximum atomic E-state index is 10.5. The summed E-state index contributed by atoms with van der Waals surface area (Å²) in [5.41, 5.74) is 2.24. The first-order valence-electron chi connectivity index (χ1n) is 3.49. The van der Waals surface area contributed by atoms with Crippen LogP contribution in [0.4, 0.5) is 5.00 Å². The fourth-order valence-corrected chi connectivity index (χ4v) is 1.65. The van der Waals surface area contributed by atoms with Crippen molar-refractivity contribution in [3.05, 3.63) is 11.2 Å². The van der Waals surface area contributed by atoms with Crippen LogP contribution in [0.1, 0.15) is 5.69 Å². The molecule has 5 nitrogen and oxygen atoms in total. The van der Waals surface area contributed by atoms with Gasteiger partial charge in [0, 0.05) is 0 Å². The van der Waals surface area contributed by atoms with E-state index in [1.54, 1.807) is 12.4 Å². The maximum absolute atomic E-state index is 10.5. The van der Waals surface area contributed by atoms with Crippen LogP contribution < -0.4 is 4.90 Å². The maximum Gasteiger partial charge on any atom is 0.323 e. The Morgan fingerprint density at radius 2 is 2.54 bits per heavy atom. The zero-order chi connectivity index (χ0) is 9.84. The number of carboxylic acids is 1. The number of hydrogen-bond acceptors (Lipinski definition) is 4. The Bertz CT molecular complexity index is 323. The van der Waals surface area contributed by atoms with Crippen LogP contribution in [0, 0.1) is 6.92 Å². The number of nitrogens with zero attached hydrogens (tertiary/aromatic N) is 2. The Morgan fingerprint density at radius 3 is 2.92 bits per heavy atom. The van der Waals surface area contributed by atoms with Gasteiger partial charge in [-0.2, -0.15) is 0 Å². The summed E-state index contributed by atoms with van der Waals surface area (Å²) in [5.74, 6) is -1.04. The van der Waals surface area contributed by atoms with Gasteiger partial charge in [-0.1, -0.05) is 0 Å². The second-order valence-corrected chi connectivity index (χ2v) is 3.20. The third-order valence-electron chi connectivity index (χ3n) is 1.41. The molecule has 13 heavy (non-hydrogen) atoms. The van der Waals surface area contributed by atoms with Crippen LogP contribution in [0.2, 0.25) is 0 Å². The summed E-state index contributed by atoms with van der Waals surface area (Å²) in [6.07, 6.45) is 0.495. The highest BCUT2D eigenvalue weighted by Gasteiger charge is 2.13. The lowest BCUT2D eigenvalue weighted by molar-refractivity contribution is -0.136. The van der Waals surface area contributed by atoms with Crippen molar-refractivity contribution in [2.75, 3.05) is 11.4 Å². The number of anilines is 1. The average molecular weight is 200 g/mol. The molecule has 1 amide bonds. The van der Waals surface area contributed by atoms with Crippen molar-refractivity contribution in [2.24, 2.45) is 0 Å². The molecule has 1 aromatic rings. The Balaban J connectivity index is 2.84. The van der Waals surface area contributed by atoms with Gasteiger partial charge in [-0.15, -0.1) is 11.3 Å². The molecule has 0 unspecified atom stereocenters. The van der Waals surface area contributed by atoms with Crippen molar-refractivity contribution in [3.63, 3.8) is 0 Å². The van der Waals surface area contributed by atoms with E-state index in [2.05, 4.69) is 4.98 Å². The number of carboxylic acid groups (broad SMARTS) is 1. The van der Waals surface area contributed by atoms with Gasteiger partial charge < -0.3 is 5.11 Å². The largest absolute Gasteiger partial charge is 0.480 e. The van der Waals surface area contributed by atoms with Crippen molar-refractivity contribution in [3.8, 4) is 0 Å². The van der Waals surface area contributed by atoms with Crippen molar-refractivity contribution >= 4 is 28.7 Å². The Hall–Kier alpha value is -1.43. The van der Waals surface area contributed by atoms with Crippen molar-refractivity contribution < 1.29 is 14.7 Å². The SMILES string of the molecule is Cc1ncsc1N(C=O)CC(=O)O. The van der Waals surface area contributed by atoms with E-state index in [0.717, 1.165) is 4.90 Å². The molecule has 1 rings (SSSR count). The van der Waals surface area contributed by atoms with Gasteiger partial charge in [0.05, 0.1) is 11.2 Å².